The van der Waals surface area contributed by atoms with E-state index in [9.17, 15) is 61.9 Å². The molecule has 0 aliphatic rings. The van der Waals surface area contributed by atoms with Crippen LogP contribution in [-0.4, -0.2) is 48.4 Å². The second-order valence-electron chi connectivity index (χ2n) is 6.92. The van der Waals surface area contributed by atoms with Gasteiger partial charge in [-0.15, -0.1) is 0 Å². The Labute approximate surface area is 177 Å². The lowest BCUT2D eigenvalue weighted by atomic mass is 9.86. The summed E-state index contributed by atoms with van der Waals surface area (Å²) in [6.07, 6.45) is -10.2. The summed E-state index contributed by atoms with van der Waals surface area (Å²) in [5, 5.41) is 0. The molecule has 0 aromatic heterocycles. The van der Waals surface area contributed by atoms with Gasteiger partial charge in [-0.2, -0.15) is 57.1 Å². The fourth-order valence-electron chi connectivity index (χ4n) is 2.57. The third kappa shape index (κ3) is 4.86. The smallest absolute Gasteiger partial charge is 0.460 e. The first-order chi connectivity index (χ1) is 14.6. The molecule has 0 bridgehead atoms. The fraction of sp³-hybridized carbons (Fsp3) is 0.611. The molecule has 2 nitrogen and oxygen atoms in total. The minimum atomic E-state index is -7.99. The van der Waals surface area contributed by atoms with Gasteiger partial charge in [-0.05, 0) is 19.4 Å². The number of esters is 1. The van der Waals surface area contributed by atoms with Gasteiger partial charge in [0.25, 0.3) is 0 Å². The lowest BCUT2D eigenvalue weighted by molar-refractivity contribution is -0.440. The highest BCUT2D eigenvalue weighted by Gasteiger charge is 2.90. The van der Waals surface area contributed by atoms with Crippen molar-refractivity contribution in [1.29, 1.82) is 0 Å². The zero-order valence-electron chi connectivity index (χ0n) is 16.5. The number of benzene rings is 1. The highest BCUT2D eigenvalue weighted by molar-refractivity contribution is 5.78. The molecule has 190 valence electrons. The molecule has 1 atom stereocenters. The first-order valence-electron chi connectivity index (χ1n) is 8.77. The van der Waals surface area contributed by atoms with Gasteiger partial charge in [0, 0.05) is 6.42 Å². The molecule has 0 N–H and O–H groups in total. The molecule has 0 aliphatic carbocycles. The summed E-state index contributed by atoms with van der Waals surface area (Å²) in [6, 6.07) is 4.17. The van der Waals surface area contributed by atoms with E-state index in [-0.39, 0.29) is 0 Å². The van der Waals surface area contributed by atoms with Gasteiger partial charge in [-0.1, -0.05) is 29.8 Å². The van der Waals surface area contributed by atoms with Crippen LogP contribution in [0.3, 0.4) is 0 Å². The van der Waals surface area contributed by atoms with E-state index < -0.39 is 66.3 Å². The van der Waals surface area contributed by atoms with Crippen LogP contribution in [0.15, 0.2) is 24.3 Å². The normalized spacial score (nSPS) is 15.4. The van der Waals surface area contributed by atoms with Crippen LogP contribution in [0.5, 0.6) is 0 Å². The van der Waals surface area contributed by atoms with Crippen molar-refractivity contribution in [2.24, 2.45) is 0 Å². The van der Waals surface area contributed by atoms with Crippen LogP contribution >= 0.6 is 0 Å². The average Bonchev–Trinajstić information content (AvgIpc) is 2.65. The maximum atomic E-state index is 14.2. The zero-order chi connectivity index (χ0) is 26.3. The van der Waals surface area contributed by atoms with Crippen molar-refractivity contribution in [3.05, 3.63) is 35.4 Å². The first kappa shape index (κ1) is 28.8. The summed E-state index contributed by atoms with van der Waals surface area (Å²) in [5.41, 5.74) is -0.0655. The monoisotopic (exact) mass is 510 g/mol. The largest absolute Gasteiger partial charge is 0.466 e. The lowest BCUT2D eigenvalue weighted by Gasteiger charge is -2.40. The molecule has 0 aliphatic heterocycles. The van der Waals surface area contributed by atoms with Crippen LogP contribution in [0.2, 0.25) is 0 Å². The van der Waals surface area contributed by atoms with E-state index in [1.165, 1.54) is 19.1 Å². The third-order valence-corrected chi connectivity index (χ3v) is 4.51. The van der Waals surface area contributed by atoms with Gasteiger partial charge < -0.3 is 4.74 Å². The number of carbonyl (C=O) groups excluding carboxylic acids is 1. The van der Waals surface area contributed by atoms with Crippen LogP contribution in [0.1, 0.15) is 30.4 Å². The van der Waals surface area contributed by atoms with Gasteiger partial charge in [-0.25, -0.2) is 0 Å². The Hall–Kier alpha value is -2.22. The molecule has 1 aromatic carbocycles. The number of hydrogen-bond acceptors (Lipinski definition) is 2. The van der Waals surface area contributed by atoms with Crippen LogP contribution < -0.4 is 0 Å². The van der Waals surface area contributed by atoms with Gasteiger partial charge >= 0.3 is 41.8 Å². The summed E-state index contributed by atoms with van der Waals surface area (Å²) in [6.45, 7) is 2.09. The van der Waals surface area contributed by atoms with E-state index in [0.717, 1.165) is 19.1 Å². The van der Waals surface area contributed by atoms with Gasteiger partial charge in [0.05, 0.1) is 12.5 Å². The Kier molecular flexibility index (Phi) is 7.73. The second kappa shape index (κ2) is 8.85. The molecule has 0 saturated heterocycles. The molecule has 0 spiro atoms. The molecule has 33 heavy (non-hydrogen) atoms. The SMILES string of the molecule is CCOC(=O)C(CC(F)(F)C(F)(F)C(F)(F)C(F)(F)C(F)(F)C(F)(F)F)c1ccc(C)cc1. The molecule has 0 radical (unpaired) electrons. The molecule has 1 unspecified atom stereocenters. The maximum absolute atomic E-state index is 14.2. The highest BCUT2D eigenvalue weighted by atomic mass is 19.4. The molecule has 0 amide bonds. The summed E-state index contributed by atoms with van der Waals surface area (Å²) >= 11 is 0. The van der Waals surface area contributed by atoms with Crippen molar-refractivity contribution in [2.45, 2.75) is 62.0 Å². The van der Waals surface area contributed by atoms with E-state index in [2.05, 4.69) is 4.74 Å². The summed E-state index contributed by atoms with van der Waals surface area (Å²) in [5.74, 6) is -41.7. The van der Waals surface area contributed by atoms with Crippen molar-refractivity contribution in [1.82, 2.24) is 0 Å². The Morgan fingerprint density at radius 3 is 1.58 bits per heavy atom. The van der Waals surface area contributed by atoms with Crippen molar-refractivity contribution >= 4 is 5.97 Å². The Bertz CT molecular complexity index is 829. The Morgan fingerprint density at radius 2 is 1.18 bits per heavy atom. The fourth-order valence-corrected chi connectivity index (χ4v) is 2.57. The number of carbonyl (C=O) groups is 1. The maximum Gasteiger partial charge on any atom is 0.460 e. The predicted octanol–water partition coefficient (Wildman–Crippen LogP) is 6.77. The van der Waals surface area contributed by atoms with Crippen molar-refractivity contribution in [3.63, 3.8) is 0 Å². The van der Waals surface area contributed by atoms with E-state index in [0.29, 0.717) is 5.56 Å². The molecule has 1 rings (SSSR count). The van der Waals surface area contributed by atoms with Gasteiger partial charge in [0.15, 0.2) is 0 Å². The van der Waals surface area contributed by atoms with Crippen molar-refractivity contribution in [3.8, 4) is 0 Å². The summed E-state index contributed by atoms with van der Waals surface area (Å²) < 4.78 is 177. The molecule has 15 heteroatoms. The number of aryl methyl sites for hydroxylation is 1. The van der Waals surface area contributed by atoms with Crippen molar-refractivity contribution < 1.29 is 66.6 Å². The standard InChI is InChI=1S/C18H15F13O2/c1-3-33-12(32)11(10-6-4-9(2)5-7-10)8-13(19,20)14(21,22)15(23,24)16(25,26)17(27,28)18(29,30)31/h4-7,11H,3,8H2,1-2H3. The van der Waals surface area contributed by atoms with E-state index in [1.807, 2.05) is 0 Å². The number of alkyl halides is 13. The lowest BCUT2D eigenvalue weighted by Crippen LogP contribution is -2.70. The summed E-state index contributed by atoms with van der Waals surface area (Å²) in [4.78, 5) is 12.0. The first-order valence-corrected chi connectivity index (χ1v) is 8.77. The van der Waals surface area contributed by atoms with Crippen LogP contribution in [0, 0.1) is 6.92 Å². The molecule has 0 heterocycles. The van der Waals surface area contributed by atoms with E-state index in [1.54, 1.807) is 0 Å². The molecular formula is C18H15F13O2. The number of rotatable bonds is 9. The minimum absolute atomic E-state index is 0.457. The van der Waals surface area contributed by atoms with Gasteiger partial charge in [0.2, 0.25) is 0 Å². The Morgan fingerprint density at radius 1 is 0.758 bits per heavy atom. The average molecular weight is 510 g/mol. The Balaban J connectivity index is 3.52. The van der Waals surface area contributed by atoms with Gasteiger partial charge in [-0.3, -0.25) is 4.79 Å². The molecule has 0 fully saturated rings. The second-order valence-corrected chi connectivity index (χ2v) is 6.92. The summed E-state index contributed by atoms with van der Waals surface area (Å²) in [7, 11) is 0. The highest BCUT2D eigenvalue weighted by Crippen LogP contribution is 2.61. The van der Waals surface area contributed by atoms with E-state index >= 15 is 0 Å². The third-order valence-electron chi connectivity index (χ3n) is 4.51. The number of ether oxygens (including phenoxy) is 1. The van der Waals surface area contributed by atoms with Crippen LogP contribution in [-0.2, 0) is 9.53 Å². The van der Waals surface area contributed by atoms with E-state index in [4.69, 9.17) is 0 Å². The van der Waals surface area contributed by atoms with Gasteiger partial charge in [0.1, 0.15) is 0 Å². The van der Waals surface area contributed by atoms with Crippen molar-refractivity contribution in [2.75, 3.05) is 6.61 Å². The molecule has 0 saturated carbocycles. The molecule has 1 aromatic rings. The predicted molar refractivity (Wildman–Crippen MR) is 86.0 cm³/mol. The molecular weight excluding hydrogens is 495 g/mol. The van der Waals surface area contributed by atoms with Crippen LogP contribution in [0.4, 0.5) is 57.1 Å². The zero-order valence-corrected chi connectivity index (χ0v) is 16.5. The number of hydrogen-bond donors (Lipinski definition) is 0. The number of halogens is 13. The quantitative estimate of drug-likeness (QED) is 0.271. The minimum Gasteiger partial charge on any atom is -0.466 e. The topological polar surface area (TPSA) is 26.3 Å². The van der Waals surface area contributed by atoms with Crippen LogP contribution in [0.25, 0.3) is 0 Å².